The highest BCUT2D eigenvalue weighted by atomic mass is 127. The Morgan fingerprint density at radius 3 is 2.76 bits per heavy atom. The van der Waals surface area contributed by atoms with Gasteiger partial charge in [-0.2, -0.15) is 0 Å². The van der Waals surface area contributed by atoms with Crippen LogP contribution in [0.25, 0.3) is 0 Å². The van der Waals surface area contributed by atoms with E-state index >= 15 is 0 Å². The van der Waals surface area contributed by atoms with Crippen LogP contribution in [0.2, 0.25) is 5.02 Å². The first-order valence-electron chi connectivity index (χ1n) is 5.47. The summed E-state index contributed by atoms with van der Waals surface area (Å²) in [5.41, 5.74) is 1.01. The molecule has 0 aliphatic heterocycles. The number of rotatable bonds is 5. The molecule has 0 bridgehead atoms. The van der Waals surface area contributed by atoms with Crippen molar-refractivity contribution in [2.45, 2.75) is 26.3 Å². The van der Waals surface area contributed by atoms with Crippen molar-refractivity contribution in [1.29, 1.82) is 0 Å². The number of anilines is 1. The lowest BCUT2D eigenvalue weighted by Crippen LogP contribution is -2.31. The van der Waals surface area contributed by atoms with Crippen LogP contribution < -0.4 is 10.6 Å². The Labute approximate surface area is 120 Å². The second-order valence-electron chi connectivity index (χ2n) is 4.02. The molecule has 0 unspecified atom stereocenters. The van der Waals surface area contributed by atoms with Crippen LogP contribution in [0.15, 0.2) is 18.2 Å². The van der Waals surface area contributed by atoms with Crippen LogP contribution in [0.5, 0.6) is 0 Å². The van der Waals surface area contributed by atoms with Gasteiger partial charge in [0.1, 0.15) is 0 Å². The molecule has 5 heteroatoms. The molecule has 0 fully saturated rings. The first-order chi connectivity index (χ1) is 7.99. The highest BCUT2D eigenvalue weighted by molar-refractivity contribution is 14.1. The molecular weight excluding hydrogens is 351 g/mol. The van der Waals surface area contributed by atoms with Crippen molar-refractivity contribution < 1.29 is 4.79 Å². The number of amides is 1. The monoisotopic (exact) mass is 366 g/mol. The van der Waals surface area contributed by atoms with E-state index < -0.39 is 0 Å². The standard InChI is InChI=1S/C12H16ClIN2O/c1-8(2)16-12(17)5-6-15-11-4-3-9(13)7-10(11)14/h3-4,7-8,15H,5-6H2,1-2H3,(H,16,17). The molecule has 0 saturated carbocycles. The number of hydrogen-bond acceptors (Lipinski definition) is 2. The van der Waals surface area contributed by atoms with Crippen LogP contribution in [0.4, 0.5) is 5.69 Å². The fourth-order valence-corrected chi connectivity index (χ4v) is 2.40. The number of hydrogen-bond donors (Lipinski definition) is 2. The number of nitrogens with one attached hydrogen (secondary N) is 2. The number of carbonyl (C=O) groups excluding carboxylic acids is 1. The average molecular weight is 367 g/mol. The molecule has 3 nitrogen and oxygen atoms in total. The molecule has 0 radical (unpaired) electrons. The first-order valence-corrected chi connectivity index (χ1v) is 6.93. The average Bonchev–Trinajstić information content (AvgIpc) is 2.20. The summed E-state index contributed by atoms with van der Waals surface area (Å²) < 4.78 is 1.05. The molecule has 0 atom stereocenters. The molecule has 1 amide bonds. The fourth-order valence-electron chi connectivity index (χ4n) is 1.34. The summed E-state index contributed by atoms with van der Waals surface area (Å²) in [6.07, 6.45) is 0.469. The lowest BCUT2D eigenvalue weighted by Gasteiger charge is -2.10. The summed E-state index contributed by atoms with van der Waals surface area (Å²) in [6, 6.07) is 5.83. The number of halogens is 2. The van der Waals surface area contributed by atoms with Gasteiger partial charge in [0.15, 0.2) is 0 Å². The van der Waals surface area contributed by atoms with Gasteiger partial charge in [0.25, 0.3) is 0 Å². The van der Waals surface area contributed by atoms with Crippen LogP contribution in [0.3, 0.4) is 0 Å². The van der Waals surface area contributed by atoms with Crippen molar-refractivity contribution in [3.05, 3.63) is 26.8 Å². The third kappa shape index (κ3) is 5.59. The van der Waals surface area contributed by atoms with Crippen molar-refractivity contribution in [3.63, 3.8) is 0 Å². The summed E-state index contributed by atoms with van der Waals surface area (Å²) in [5.74, 6) is 0.0662. The van der Waals surface area contributed by atoms with Gasteiger partial charge in [-0.3, -0.25) is 4.79 Å². The van der Waals surface area contributed by atoms with E-state index in [4.69, 9.17) is 11.6 Å². The van der Waals surface area contributed by atoms with E-state index in [2.05, 4.69) is 33.2 Å². The maximum Gasteiger partial charge on any atom is 0.221 e. The summed E-state index contributed by atoms with van der Waals surface area (Å²) in [6.45, 7) is 4.52. The number of benzene rings is 1. The maximum atomic E-state index is 11.4. The molecular formula is C12H16ClIN2O. The van der Waals surface area contributed by atoms with Crippen LogP contribution in [0.1, 0.15) is 20.3 Å². The van der Waals surface area contributed by atoms with Crippen LogP contribution in [-0.2, 0) is 4.79 Å². The molecule has 0 spiro atoms. The van der Waals surface area contributed by atoms with Gasteiger partial charge >= 0.3 is 0 Å². The Kier molecular flexibility index (Phi) is 6.05. The van der Waals surface area contributed by atoms with E-state index in [9.17, 15) is 4.79 Å². The minimum absolute atomic E-state index is 0.0662. The molecule has 1 rings (SSSR count). The van der Waals surface area contributed by atoms with E-state index in [1.807, 2.05) is 32.0 Å². The van der Waals surface area contributed by atoms with Gasteiger partial charge in [-0.1, -0.05) is 11.6 Å². The third-order valence-corrected chi connectivity index (χ3v) is 3.18. The lowest BCUT2D eigenvalue weighted by molar-refractivity contribution is -0.121. The Morgan fingerprint density at radius 2 is 2.18 bits per heavy atom. The molecule has 0 aliphatic carbocycles. The van der Waals surface area contributed by atoms with Crippen molar-refractivity contribution in [1.82, 2.24) is 5.32 Å². The highest BCUT2D eigenvalue weighted by Gasteiger charge is 2.04. The molecule has 17 heavy (non-hydrogen) atoms. The topological polar surface area (TPSA) is 41.1 Å². The third-order valence-electron chi connectivity index (χ3n) is 2.05. The Balaban J connectivity index is 2.38. The zero-order valence-corrected chi connectivity index (χ0v) is 12.8. The summed E-state index contributed by atoms with van der Waals surface area (Å²) in [5, 5.41) is 6.79. The Bertz CT molecular complexity index is 396. The maximum absolute atomic E-state index is 11.4. The molecule has 1 aromatic carbocycles. The smallest absolute Gasteiger partial charge is 0.221 e. The quantitative estimate of drug-likeness (QED) is 0.785. The zero-order valence-electron chi connectivity index (χ0n) is 9.89. The molecule has 1 aromatic rings. The second kappa shape index (κ2) is 7.06. The molecule has 0 saturated heterocycles. The fraction of sp³-hybridized carbons (Fsp3) is 0.417. The normalized spacial score (nSPS) is 10.4. The van der Waals surface area contributed by atoms with Crippen molar-refractivity contribution in [2.24, 2.45) is 0 Å². The van der Waals surface area contributed by atoms with Gasteiger partial charge in [0.2, 0.25) is 5.91 Å². The van der Waals surface area contributed by atoms with Gasteiger partial charge in [-0.05, 0) is 54.6 Å². The van der Waals surface area contributed by atoms with Gasteiger partial charge < -0.3 is 10.6 Å². The lowest BCUT2D eigenvalue weighted by atomic mass is 10.3. The SMILES string of the molecule is CC(C)NC(=O)CCNc1ccc(Cl)cc1I. The van der Waals surface area contributed by atoms with Gasteiger partial charge in [0.05, 0.1) is 0 Å². The predicted molar refractivity (Wildman–Crippen MR) is 80.6 cm³/mol. The van der Waals surface area contributed by atoms with E-state index in [-0.39, 0.29) is 11.9 Å². The summed E-state index contributed by atoms with van der Waals surface area (Å²) in [7, 11) is 0. The second-order valence-corrected chi connectivity index (χ2v) is 5.62. The van der Waals surface area contributed by atoms with Gasteiger partial charge in [0, 0.05) is 33.3 Å². The first kappa shape index (κ1) is 14.6. The summed E-state index contributed by atoms with van der Waals surface area (Å²) in [4.78, 5) is 11.4. The predicted octanol–water partition coefficient (Wildman–Crippen LogP) is 3.27. The van der Waals surface area contributed by atoms with Crippen LogP contribution >= 0.6 is 34.2 Å². The number of carbonyl (C=O) groups is 1. The Hall–Kier alpha value is -0.490. The van der Waals surface area contributed by atoms with Crippen molar-refractivity contribution >= 4 is 45.8 Å². The van der Waals surface area contributed by atoms with Crippen LogP contribution in [0, 0.1) is 3.57 Å². The Morgan fingerprint density at radius 1 is 1.47 bits per heavy atom. The van der Waals surface area contributed by atoms with Gasteiger partial charge in [-0.15, -0.1) is 0 Å². The highest BCUT2D eigenvalue weighted by Crippen LogP contribution is 2.22. The van der Waals surface area contributed by atoms with E-state index in [1.165, 1.54) is 0 Å². The van der Waals surface area contributed by atoms with E-state index in [0.717, 1.165) is 14.3 Å². The van der Waals surface area contributed by atoms with Crippen molar-refractivity contribution in [2.75, 3.05) is 11.9 Å². The summed E-state index contributed by atoms with van der Waals surface area (Å²) >= 11 is 8.08. The molecule has 0 aliphatic rings. The minimum Gasteiger partial charge on any atom is -0.384 e. The van der Waals surface area contributed by atoms with E-state index in [0.29, 0.717) is 13.0 Å². The minimum atomic E-state index is 0.0662. The molecule has 2 N–H and O–H groups in total. The van der Waals surface area contributed by atoms with E-state index in [1.54, 1.807) is 0 Å². The molecule has 0 heterocycles. The molecule has 0 aromatic heterocycles. The van der Waals surface area contributed by atoms with Crippen molar-refractivity contribution in [3.8, 4) is 0 Å². The largest absolute Gasteiger partial charge is 0.384 e. The molecule has 94 valence electrons. The van der Waals surface area contributed by atoms with Gasteiger partial charge in [-0.25, -0.2) is 0 Å². The van der Waals surface area contributed by atoms with Crippen LogP contribution in [-0.4, -0.2) is 18.5 Å². The zero-order chi connectivity index (χ0) is 12.8.